The van der Waals surface area contributed by atoms with E-state index in [-0.39, 0.29) is 24.8 Å². The average molecular weight is 398 g/mol. The van der Waals surface area contributed by atoms with Crippen LogP contribution in [-0.2, 0) is 16.1 Å². The SMILES string of the molecule is NC1CCCCCN(Cc2cccc3c2C(=O)N(C2CCC(=O)NC2=O)C3=O)C1. The van der Waals surface area contributed by atoms with Crippen LogP contribution < -0.4 is 11.1 Å². The predicted octanol–water partition coefficient (Wildman–Crippen LogP) is 0.791. The lowest BCUT2D eigenvalue weighted by molar-refractivity contribution is -0.136. The summed E-state index contributed by atoms with van der Waals surface area (Å²) in [5, 5.41) is 2.23. The van der Waals surface area contributed by atoms with Gasteiger partial charge in [-0.1, -0.05) is 25.0 Å². The van der Waals surface area contributed by atoms with Crippen LogP contribution in [0.2, 0.25) is 0 Å². The number of carbonyl (C=O) groups excluding carboxylic acids is 4. The van der Waals surface area contributed by atoms with E-state index >= 15 is 0 Å². The number of nitrogens with one attached hydrogen (secondary N) is 1. The molecule has 3 N–H and O–H groups in total. The Morgan fingerprint density at radius 2 is 1.86 bits per heavy atom. The lowest BCUT2D eigenvalue weighted by Gasteiger charge is -2.29. The Morgan fingerprint density at radius 3 is 2.66 bits per heavy atom. The van der Waals surface area contributed by atoms with Crippen molar-refractivity contribution < 1.29 is 19.2 Å². The summed E-state index contributed by atoms with van der Waals surface area (Å²) in [7, 11) is 0. The van der Waals surface area contributed by atoms with E-state index in [0.29, 0.717) is 17.7 Å². The van der Waals surface area contributed by atoms with E-state index in [1.54, 1.807) is 12.1 Å². The first-order valence-electron chi connectivity index (χ1n) is 10.3. The van der Waals surface area contributed by atoms with Crippen molar-refractivity contribution in [1.82, 2.24) is 15.1 Å². The predicted molar refractivity (Wildman–Crippen MR) is 105 cm³/mol. The summed E-state index contributed by atoms with van der Waals surface area (Å²) in [6.45, 7) is 2.19. The third-order valence-corrected chi connectivity index (χ3v) is 5.99. The summed E-state index contributed by atoms with van der Waals surface area (Å²) in [6, 6.07) is 4.43. The monoisotopic (exact) mass is 398 g/mol. The molecular weight excluding hydrogens is 372 g/mol. The van der Waals surface area contributed by atoms with E-state index in [2.05, 4.69) is 10.2 Å². The van der Waals surface area contributed by atoms with Gasteiger partial charge < -0.3 is 5.73 Å². The molecule has 4 amide bonds. The number of carbonyl (C=O) groups is 4. The number of likely N-dealkylation sites (tertiary alicyclic amines) is 1. The van der Waals surface area contributed by atoms with E-state index in [9.17, 15) is 19.2 Å². The van der Waals surface area contributed by atoms with Crippen LogP contribution in [0.5, 0.6) is 0 Å². The molecule has 154 valence electrons. The van der Waals surface area contributed by atoms with E-state index < -0.39 is 23.8 Å². The lowest BCUT2D eigenvalue weighted by atomic mass is 10.0. The fourth-order valence-electron chi connectivity index (χ4n) is 4.53. The number of imide groups is 2. The molecule has 1 aromatic rings. The quantitative estimate of drug-likeness (QED) is 0.728. The van der Waals surface area contributed by atoms with Crippen molar-refractivity contribution in [3.63, 3.8) is 0 Å². The molecule has 0 bridgehead atoms. The second-order valence-electron chi connectivity index (χ2n) is 8.13. The lowest BCUT2D eigenvalue weighted by Crippen LogP contribution is -2.54. The van der Waals surface area contributed by atoms with Crippen molar-refractivity contribution in [3.8, 4) is 0 Å². The minimum Gasteiger partial charge on any atom is -0.327 e. The van der Waals surface area contributed by atoms with Crippen molar-refractivity contribution in [2.45, 2.75) is 57.2 Å². The van der Waals surface area contributed by atoms with Gasteiger partial charge in [0.2, 0.25) is 11.8 Å². The Balaban J connectivity index is 1.59. The first-order valence-corrected chi connectivity index (χ1v) is 10.3. The molecule has 0 aliphatic carbocycles. The minimum absolute atomic E-state index is 0.101. The number of benzene rings is 1. The summed E-state index contributed by atoms with van der Waals surface area (Å²) in [5.74, 6) is -1.89. The standard InChI is InChI=1S/C21H26N4O4/c22-14-6-2-1-3-10-24(12-14)11-13-5-4-7-15-18(13)21(29)25(20(15)28)16-8-9-17(26)23-19(16)27/h4-5,7,14,16H,1-3,6,8-12,22H2,(H,23,26,27). The van der Waals surface area contributed by atoms with Crippen molar-refractivity contribution >= 4 is 23.6 Å². The fraction of sp³-hybridized carbons (Fsp3) is 0.524. The maximum atomic E-state index is 13.2. The second kappa shape index (κ2) is 8.04. The van der Waals surface area contributed by atoms with Crippen LogP contribution in [0.1, 0.15) is 64.8 Å². The maximum absolute atomic E-state index is 13.2. The molecule has 4 rings (SSSR count). The van der Waals surface area contributed by atoms with Gasteiger partial charge in [-0.25, -0.2) is 0 Å². The van der Waals surface area contributed by atoms with E-state index in [4.69, 9.17) is 5.73 Å². The van der Waals surface area contributed by atoms with Gasteiger partial charge in [0, 0.05) is 25.6 Å². The molecule has 0 spiro atoms. The number of fused-ring (bicyclic) bond motifs is 1. The minimum atomic E-state index is -0.942. The van der Waals surface area contributed by atoms with Crippen LogP contribution in [0, 0.1) is 0 Å². The Labute approximate surface area is 169 Å². The third kappa shape index (κ3) is 3.82. The number of piperidine rings is 1. The third-order valence-electron chi connectivity index (χ3n) is 5.99. The van der Waals surface area contributed by atoms with Gasteiger partial charge in [-0.2, -0.15) is 0 Å². The van der Waals surface area contributed by atoms with Crippen LogP contribution in [0.25, 0.3) is 0 Å². The van der Waals surface area contributed by atoms with Crippen LogP contribution in [0.4, 0.5) is 0 Å². The van der Waals surface area contributed by atoms with Gasteiger partial charge >= 0.3 is 0 Å². The molecule has 8 heteroatoms. The van der Waals surface area contributed by atoms with Gasteiger partial charge in [0.15, 0.2) is 0 Å². The van der Waals surface area contributed by atoms with Gasteiger partial charge in [-0.05, 0) is 37.4 Å². The summed E-state index contributed by atoms with van der Waals surface area (Å²) >= 11 is 0. The van der Waals surface area contributed by atoms with E-state index in [0.717, 1.165) is 49.2 Å². The zero-order chi connectivity index (χ0) is 20.5. The van der Waals surface area contributed by atoms with Crippen molar-refractivity contribution in [3.05, 3.63) is 34.9 Å². The molecule has 3 aliphatic rings. The van der Waals surface area contributed by atoms with Crippen molar-refractivity contribution in [1.29, 1.82) is 0 Å². The normalized spacial score (nSPS) is 26.2. The van der Waals surface area contributed by atoms with Crippen LogP contribution >= 0.6 is 0 Å². The maximum Gasteiger partial charge on any atom is 0.262 e. The number of nitrogens with two attached hydrogens (primary N) is 1. The Kier molecular flexibility index (Phi) is 5.47. The van der Waals surface area contributed by atoms with E-state index in [1.165, 1.54) is 0 Å². The summed E-state index contributed by atoms with van der Waals surface area (Å²) < 4.78 is 0. The molecule has 0 saturated carbocycles. The Hall–Kier alpha value is -2.58. The highest BCUT2D eigenvalue weighted by atomic mass is 16.2. The zero-order valence-corrected chi connectivity index (χ0v) is 16.4. The van der Waals surface area contributed by atoms with Gasteiger partial charge in [0.1, 0.15) is 6.04 Å². The number of hydrogen-bond acceptors (Lipinski definition) is 6. The average Bonchev–Trinajstić information content (AvgIpc) is 2.91. The van der Waals surface area contributed by atoms with Gasteiger partial charge in [0.25, 0.3) is 11.8 Å². The zero-order valence-electron chi connectivity index (χ0n) is 16.4. The smallest absolute Gasteiger partial charge is 0.262 e. The molecule has 3 heterocycles. The van der Waals surface area contributed by atoms with Crippen LogP contribution in [-0.4, -0.2) is 58.6 Å². The molecule has 0 aromatic heterocycles. The second-order valence-corrected chi connectivity index (χ2v) is 8.13. The number of amides is 4. The molecule has 1 aromatic carbocycles. The number of rotatable bonds is 3. The highest BCUT2D eigenvalue weighted by Crippen LogP contribution is 2.30. The van der Waals surface area contributed by atoms with Gasteiger partial charge in [-0.3, -0.25) is 34.3 Å². The molecular formula is C21H26N4O4. The number of hydrogen-bond donors (Lipinski definition) is 2. The van der Waals surface area contributed by atoms with E-state index in [1.807, 2.05) is 6.07 Å². The summed E-state index contributed by atoms with van der Waals surface area (Å²) in [6.07, 6.45) is 4.62. The molecule has 8 nitrogen and oxygen atoms in total. The van der Waals surface area contributed by atoms with Crippen molar-refractivity contribution in [2.75, 3.05) is 13.1 Å². The summed E-state index contributed by atoms with van der Waals surface area (Å²) in [4.78, 5) is 53.1. The molecule has 0 radical (unpaired) electrons. The first kappa shape index (κ1) is 19.7. The molecule has 2 fully saturated rings. The molecule has 3 aliphatic heterocycles. The Morgan fingerprint density at radius 1 is 1.03 bits per heavy atom. The fourth-order valence-corrected chi connectivity index (χ4v) is 4.53. The number of nitrogens with zero attached hydrogens (tertiary/aromatic N) is 2. The molecule has 29 heavy (non-hydrogen) atoms. The van der Waals surface area contributed by atoms with Crippen LogP contribution in [0.15, 0.2) is 18.2 Å². The highest BCUT2D eigenvalue weighted by molar-refractivity contribution is 6.24. The highest BCUT2D eigenvalue weighted by Gasteiger charge is 2.45. The van der Waals surface area contributed by atoms with Crippen LogP contribution in [0.3, 0.4) is 0 Å². The van der Waals surface area contributed by atoms with Gasteiger partial charge in [0.05, 0.1) is 11.1 Å². The Bertz CT molecular complexity index is 868. The largest absolute Gasteiger partial charge is 0.327 e. The first-order chi connectivity index (χ1) is 14.0. The topological polar surface area (TPSA) is 113 Å². The molecule has 2 atom stereocenters. The molecule has 2 saturated heterocycles. The summed E-state index contributed by atoms with van der Waals surface area (Å²) in [5.41, 5.74) is 7.69. The molecule has 2 unspecified atom stereocenters. The van der Waals surface area contributed by atoms with Crippen molar-refractivity contribution in [2.24, 2.45) is 5.73 Å². The van der Waals surface area contributed by atoms with Gasteiger partial charge in [-0.15, -0.1) is 0 Å².